The van der Waals surface area contributed by atoms with E-state index in [0.29, 0.717) is 0 Å². The van der Waals surface area contributed by atoms with E-state index in [0.717, 1.165) is 0 Å². The average molecular weight is 386 g/mol. The molecule has 19 heteroatoms. The fraction of sp³-hybridized carbons (Fsp3) is 0. The molecule has 0 saturated carbocycles. The Kier molecular flexibility index (Phi) is 345. The molecule has 0 aromatic carbocycles. The average Bonchev–Trinajstić information content (AvgIpc) is 1.54. The van der Waals surface area contributed by atoms with Crippen LogP contribution in [0, 0.1) is 40.8 Å². The Bertz CT molecular complexity index is 121. The van der Waals surface area contributed by atoms with Crippen LogP contribution in [-0.4, -0.2) is 20.5 Å². The number of hydrogen-bond acceptors (Lipinski definition) is 8. The molecule has 1 radical (unpaired) electrons. The maximum absolute atomic E-state index is 8.36. The SMILES string of the molecule is O=[N+]([O-])O.O=[N+]([O-])[O-].O=[N+]([O-])[O-].[NH2-].[NH2-].[NH2-].[NH2-].[NH2-].[NH2-].[Rh]. The van der Waals surface area contributed by atoms with Gasteiger partial charge in [0.15, 0.2) is 0 Å². The summed E-state index contributed by atoms with van der Waals surface area (Å²) in [5, 5.41) is 43.1. The summed E-state index contributed by atoms with van der Waals surface area (Å²) in [7, 11) is 0. The van der Waals surface area contributed by atoms with Crippen LogP contribution in [0.5, 0.6) is 0 Å². The van der Waals surface area contributed by atoms with Gasteiger partial charge >= 0.3 is 0 Å². The van der Waals surface area contributed by atoms with Gasteiger partial charge in [0.1, 0.15) is 0 Å². The number of nitrogens with zero attached hydrogens (tertiary/aromatic N) is 3. The van der Waals surface area contributed by atoms with E-state index in [1.165, 1.54) is 0 Å². The summed E-state index contributed by atoms with van der Waals surface area (Å²) < 4.78 is 0. The molecule has 0 atom stereocenters. The molecule has 0 aliphatic heterocycles. The minimum atomic E-state index is -1.75. The first-order valence-corrected chi connectivity index (χ1v) is 1.66. The van der Waals surface area contributed by atoms with E-state index in [9.17, 15) is 0 Å². The monoisotopic (exact) mass is 386 g/mol. The van der Waals surface area contributed by atoms with Crippen molar-refractivity contribution in [3.63, 3.8) is 0 Å². The summed E-state index contributed by atoms with van der Waals surface area (Å²) in [5.41, 5.74) is 0. The first kappa shape index (κ1) is 89.0. The Morgan fingerprint density at radius 1 is 0.579 bits per heavy atom. The quantitative estimate of drug-likeness (QED) is 0.360. The van der Waals surface area contributed by atoms with E-state index in [1.807, 2.05) is 0 Å². The van der Waals surface area contributed by atoms with E-state index in [-0.39, 0.29) is 56.4 Å². The third-order valence-corrected chi connectivity index (χ3v) is 0. The van der Waals surface area contributed by atoms with Gasteiger partial charge in [-0.2, -0.15) is 0 Å². The minimum absolute atomic E-state index is 0. The zero-order valence-corrected chi connectivity index (χ0v) is 10.5. The molecular weight excluding hydrogens is 373 g/mol. The molecule has 0 rings (SSSR count). The van der Waals surface area contributed by atoms with Gasteiger partial charge in [0.05, 0.1) is 10.2 Å². The molecule has 129 valence electrons. The zero-order chi connectivity index (χ0) is 10.7. The van der Waals surface area contributed by atoms with Crippen LogP contribution in [0.25, 0.3) is 36.9 Å². The maximum Gasteiger partial charge on any atom is 0.291 e. The van der Waals surface area contributed by atoms with Crippen molar-refractivity contribution in [2.75, 3.05) is 0 Å². The van der Waals surface area contributed by atoms with Crippen LogP contribution < -0.4 is 0 Å². The summed E-state index contributed by atoms with van der Waals surface area (Å²) in [6.45, 7) is 0. The first-order valence-electron chi connectivity index (χ1n) is 1.66. The second-order valence-corrected chi connectivity index (χ2v) is 0.685. The van der Waals surface area contributed by atoms with Gasteiger partial charge in [-0.1, -0.05) is 0 Å². The molecule has 0 spiro atoms. The molecule has 0 saturated heterocycles. The molecule has 0 amide bonds. The van der Waals surface area contributed by atoms with Crippen molar-refractivity contribution < 1.29 is 39.9 Å². The van der Waals surface area contributed by atoms with Gasteiger partial charge in [0.25, 0.3) is 5.09 Å². The molecule has 13 N–H and O–H groups in total. The fourth-order valence-corrected chi connectivity index (χ4v) is 0. The fourth-order valence-electron chi connectivity index (χ4n) is 0. The van der Waals surface area contributed by atoms with Gasteiger partial charge in [-0.25, -0.2) is 0 Å². The second-order valence-electron chi connectivity index (χ2n) is 0.685. The number of hydrogen-bond donors (Lipinski definition) is 1. The van der Waals surface area contributed by atoms with Crippen LogP contribution in [0.3, 0.4) is 0 Å². The number of nitrogens with two attached hydrogens (primary N) is 6. The van der Waals surface area contributed by atoms with Crippen LogP contribution in [0.2, 0.25) is 0 Å². The summed E-state index contributed by atoms with van der Waals surface area (Å²) >= 11 is 0. The van der Waals surface area contributed by atoms with Crippen molar-refractivity contribution in [1.29, 1.82) is 0 Å². The third kappa shape index (κ3) is 768. The topological polar surface area (TPSA) is 397 Å². The molecule has 0 bridgehead atoms. The second kappa shape index (κ2) is 73.6. The van der Waals surface area contributed by atoms with Crippen LogP contribution in [0.1, 0.15) is 0 Å². The molecule has 0 aliphatic rings. The summed E-state index contributed by atoms with van der Waals surface area (Å²) in [6, 6.07) is 0. The van der Waals surface area contributed by atoms with Crippen LogP contribution in [0.4, 0.5) is 0 Å². The van der Waals surface area contributed by atoms with Gasteiger partial charge in [-0.3, -0.25) is 0 Å². The smallest absolute Gasteiger partial charge is 0.291 e. The van der Waals surface area contributed by atoms with E-state index < -0.39 is 15.3 Å². The van der Waals surface area contributed by atoms with E-state index in [2.05, 4.69) is 0 Å². The van der Waals surface area contributed by atoms with Gasteiger partial charge in [0.2, 0.25) is 0 Å². The predicted molar refractivity (Wildman–Crippen MR) is 61.2 cm³/mol. The molecule has 0 aromatic heterocycles. The van der Waals surface area contributed by atoms with Crippen molar-refractivity contribution in [2.24, 2.45) is 0 Å². The van der Waals surface area contributed by atoms with Crippen molar-refractivity contribution >= 4 is 0 Å². The summed E-state index contributed by atoms with van der Waals surface area (Å²) in [4.78, 5) is 24.9. The molecule has 0 aromatic rings. The number of rotatable bonds is 0. The largest absolute Gasteiger partial charge is 0.693 e. The summed E-state index contributed by atoms with van der Waals surface area (Å²) in [6.07, 6.45) is 0. The van der Waals surface area contributed by atoms with Crippen molar-refractivity contribution in [3.05, 3.63) is 77.7 Å². The first-order chi connectivity index (χ1) is 5.20. The zero-order valence-electron chi connectivity index (χ0n) is 8.85. The molecule has 0 fully saturated rings. The molecule has 0 aliphatic carbocycles. The predicted octanol–water partition coefficient (Wildman–Crippen LogP) is 3.47. The van der Waals surface area contributed by atoms with E-state index >= 15 is 0 Å². The Labute approximate surface area is 118 Å². The van der Waals surface area contributed by atoms with Crippen LogP contribution >= 0.6 is 0 Å². The van der Waals surface area contributed by atoms with Gasteiger partial charge in [-0.15, -0.1) is 10.1 Å². The van der Waals surface area contributed by atoms with E-state index in [1.54, 1.807) is 0 Å². The van der Waals surface area contributed by atoms with Gasteiger partial charge in [0, 0.05) is 19.5 Å². The Morgan fingerprint density at radius 2 is 0.579 bits per heavy atom. The van der Waals surface area contributed by atoms with Crippen molar-refractivity contribution in [3.8, 4) is 0 Å². The Morgan fingerprint density at radius 3 is 0.579 bits per heavy atom. The molecule has 19 heavy (non-hydrogen) atoms. The molecule has 18 nitrogen and oxygen atoms in total. The van der Waals surface area contributed by atoms with Crippen LogP contribution in [-0.2, 0) is 19.5 Å². The standard InChI is InChI=1S/HNO3.2NO3.6H2N.Rh/c3*2-1(3)4;;;;;;;/h(H,2,3,4);;;6*1H2;/q;8*-1;. The van der Waals surface area contributed by atoms with Crippen molar-refractivity contribution in [2.45, 2.75) is 0 Å². The molecule has 0 unspecified atom stereocenters. The molecule has 0 heterocycles. The van der Waals surface area contributed by atoms with E-state index in [4.69, 9.17) is 46.0 Å². The Balaban J connectivity index is -0.00000000675. The maximum atomic E-state index is 8.36. The molecular formula is H13N9O9Rh-8. The Hall–Kier alpha value is -2.02. The van der Waals surface area contributed by atoms with Crippen LogP contribution in [0.15, 0.2) is 0 Å². The van der Waals surface area contributed by atoms with Gasteiger partial charge in [-0.05, 0) is 0 Å². The summed E-state index contributed by atoms with van der Waals surface area (Å²) in [5.74, 6) is 0. The third-order valence-electron chi connectivity index (χ3n) is 0. The minimum Gasteiger partial charge on any atom is -0.693 e. The van der Waals surface area contributed by atoms with Crippen molar-refractivity contribution in [1.82, 2.24) is 0 Å². The normalized spacial score (nSPS) is 3.79. The van der Waals surface area contributed by atoms with Gasteiger partial charge < -0.3 is 72.8 Å².